The van der Waals surface area contributed by atoms with Crippen molar-refractivity contribution in [1.29, 1.82) is 0 Å². The number of carbonyl (C=O) groups is 4. The molecule has 0 spiro atoms. The van der Waals surface area contributed by atoms with Crippen LogP contribution in [0, 0.1) is 5.92 Å². The summed E-state index contributed by atoms with van der Waals surface area (Å²) in [6.07, 6.45) is 44.7. The molecular formula is C66H128O17P2. The Balaban J connectivity index is 5.16. The van der Waals surface area contributed by atoms with Crippen molar-refractivity contribution in [2.45, 2.75) is 355 Å². The highest BCUT2D eigenvalue weighted by Crippen LogP contribution is 2.45. The lowest BCUT2D eigenvalue weighted by atomic mass is 10.0. The van der Waals surface area contributed by atoms with E-state index in [9.17, 15) is 43.2 Å². The Kier molecular flexibility index (Phi) is 58.3. The van der Waals surface area contributed by atoms with E-state index in [1.807, 2.05) is 0 Å². The molecule has 504 valence electrons. The van der Waals surface area contributed by atoms with Crippen molar-refractivity contribution in [2.24, 2.45) is 5.92 Å². The molecule has 3 N–H and O–H groups in total. The lowest BCUT2D eigenvalue weighted by Gasteiger charge is -2.21. The number of carbonyl (C=O) groups excluding carboxylic acids is 4. The molecule has 0 bridgehead atoms. The third kappa shape index (κ3) is 60.7. The van der Waals surface area contributed by atoms with Crippen LogP contribution in [0.1, 0.15) is 336 Å². The Bertz CT molecular complexity index is 1650. The van der Waals surface area contributed by atoms with Gasteiger partial charge in [-0.1, -0.05) is 285 Å². The van der Waals surface area contributed by atoms with E-state index in [1.165, 1.54) is 135 Å². The molecule has 0 radical (unpaired) electrons. The fourth-order valence-corrected chi connectivity index (χ4v) is 11.5. The van der Waals surface area contributed by atoms with E-state index in [0.717, 1.165) is 121 Å². The van der Waals surface area contributed by atoms with Gasteiger partial charge in [-0.2, -0.15) is 0 Å². The average molecular weight is 1260 g/mol. The van der Waals surface area contributed by atoms with Crippen LogP contribution in [0.25, 0.3) is 0 Å². The van der Waals surface area contributed by atoms with Crippen LogP contribution < -0.4 is 0 Å². The Labute approximate surface area is 517 Å². The third-order valence-corrected chi connectivity index (χ3v) is 17.2. The number of aliphatic hydroxyl groups excluding tert-OH is 1. The first-order valence-electron chi connectivity index (χ1n) is 34.6. The fraction of sp³-hybridized carbons (Fsp3) is 0.939. The number of phosphoric ester groups is 2. The summed E-state index contributed by atoms with van der Waals surface area (Å²) in [7, 11) is -9.88. The first kappa shape index (κ1) is 83.1. The zero-order valence-electron chi connectivity index (χ0n) is 54.7. The third-order valence-electron chi connectivity index (χ3n) is 15.3. The molecule has 0 heterocycles. The standard InChI is InChI=1S/C66H128O17P2/c1-6-9-12-15-18-19-20-21-25-28-31-36-40-45-50-64(69)77-56-62(83-66(71)52-47-42-37-32-29-26-23-22-24-27-30-35-38-43-48-59(4)5)58-81-85(74,75)79-54-60(67)53-78-84(72,73)80-57-61(82-65(70)51-46-41-34-17-14-11-8-3)55-76-63(68)49-44-39-33-16-13-10-7-2/h59-62,67H,6-58H2,1-5H3,(H,72,73)(H,74,75)/t60-,61+,62+/m0/s1. The highest BCUT2D eigenvalue weighted by atomic mass is 31.2. The van der Waals surface area contributed by atoms with Crippen molar-refractivity contribution in [3.8, 4) is 0 Å². The number of esters is 4. The van der Waals surface area contributed by atoms with Crippen LogP contribution in [-0.2, 0) is 65.4 Å². The summed E-state index contributed by atoms with van der Waals surface area (Å²) in [6, 6.07) is 0. The molecule has 0 saturated carbocycles. The number of aliphatic hydroxyl groups is 1. The highest BCUT2D eigenvalue weighted by Gasteiger charge is 2.30. The minimum Gasteiger partial charge on any atom is -0.462 e. The van der Waals surface area contributed by atoms with Gasteiger partial charge in [0.2, 0.25) is 0 Å². The summed E-state index contributed by atoms with van der Waals surface area (Å²) in [5.41, 5.74) is 0. The minimum atomic E-state index is -4.95. The maximum atomic E-state index is 13.0. The van der Waals surface area contributed by atoms with E-state index < -0.39 is 97.5 Å². The van der Waals surface area contributed by atoms with Crippen LogP contribution >= 0.6 is 15.6 Å². The molecule has 0 aromatic carbocycles. The van der Waals surface area contributed by atoms with Gasteiger partial charge in [-0.05, 0) is 31.6 Å². The monoisotopic (exact) mass is 1250 g/mol. The van der Waals surface area contributed by atoms with E-state index in [1.54, 1.807) is 0 Å². The van der Waals surface area contributed by atoms with Crippen LogP contribution in [0.2, 0.25) is 0 Å². The van der Waals surface area contributed by atoms with Crippen LogP contribution in [0.3, 0.4) is 0 Å². The summed E-state index contributed by atoms with van der Waals surface area (Å²) in [4.78, 5) is 72.1. The summed E-state index contributed by atoms with van der Waals surface area (Å²) in [5.74, 6) is -1.34. The number of hydrogen-bond donors (Lipinski definition) is 3. The summed E-state index contributed by atoms with van der Waals surface area (Å²) < 4.78 is 67.9. The van der Waals surface area contributed by atoms with Crippen LogP contribution in [-0.4, -0.2) is 96.7 Å². The predicted molar refractivity (Wildman–Crippen MR) is 340 cm³/mol. The number of phosphoric acid groups is 2. The van der Waals surface area contributed by atoms with Gasteiger partial charge >= 0.3 is 39.5 Å². The van der Waals surface area contributed by atoms with Gasteiger partial charge in [-0.3, -0.25) is 37.3 Å². The second-order valence-corrected chi connectivity index (χ2v) is 27.2. The molecule has 0 rings (SSSR count). The second kappa shape index (κ2) is 59.7. The number of hydrogen-bond acceptors (Lipinski definition) is 15. The highest BCUT2D eigenvalue weighted by molar-refractivity contribution is 7.47. The SMILES string of the molecule is CCCCCCCCCCCCCCCCC(=O)OC[C@H](COP(=O)(O)OC[C@@H](O)COP(=O)(O)OC[C@@H](COC(=O)CCCCCCCCC)OC(=O)CCCCCCCCC)OC(=O)CCCCCCCCCCCCCCCCC(C)C. The second-order valence-electron chi connectivity index (χ2n) is 24.3. The molecule has 0 aromatic rings. The molecule has 2 unspecified atom stereocenters. The minimum absolute atomic E-state index is 0.104. The molecule has 0 saturated heterocycles. The smallest absolute Gasteiger partial charge is 0.462 e. The van der Waals surface area contributed by atoms with Crippen molar-refractivity contribution in [3.63, 3.8) is 0 Å². The molecule has 85 heavy (non-hydrogen) atoms. The van der Waals surface area contributed by atoms with Gasteiger partial charge in [0.25, 0.3) is 0 Å². The molecule has 0 aliphatic heterocycles. The topological polar surface area (TPSA) is 237 Å². The first-order chi connectivity index (χ1) is 41.0. The van der Waals surface area contributed by atoms with Gasteiger partial charge in [-0.15, -0.1) is 0 Å². The Morgan fingerprint density at radius 1 is 0.318 bits per heavy atom. The van der Waals surface area contributed by atoms with E-state index in [0.29, 0.717) is 25.7 Å². The van der Waals surface area contributed by atoms with Gasteiger partial charge in [-0.25, -0.2) is 9.13 Å². The summed E-state index contributed by atoms with van der Waals surface area (Å²) in [6.45, 7) is 7.16. The molecular weight excluding hydrogens is 1130 g/mol. The Hall–Kier alpha value is -1.94. The molecule has 17 nitrogen and oxygen atoms in total. The first-order valence-corrected chi connectivity index (χ1v) is 37.6. The largest absolute Gasteiger partial charge is 0.472 e. The quantitative estimate of drug-likeness (QED) is 0.0222. The zero-order valence-corrected chi connectivity index (χ0v) is 56.5. The zero-order chi connectivity index (χ0) is 62.8. The van der Waals surface area contributed by atoms with Crippen LogP contribution in [0.15, 0.2) is 0 Å². The molecule has 0 aliphatic rings. The van der Waals surface area contributed by atoms with E-state index in [-0.39, 0.29) is 25.7 Å². The van der Waals surface area contributed by atoms with Crippen molar-refractivity contribution < 1.29 is 80.2 Å². The van der Waals surface area contributed by atoms with E-state index in [4.69, 9.17) is 37.0 Å². The van der Waals surface area contributed by atoms with Gasteiger partial charge in [0.1, 0.15) is 19.3 Å². The normalized spacial score (nSPS) is 14.2. The lowest BCUT2D eigenvalue weighted by Crippen LogP contribution is -2.30. The van der Waals surface area contributed by atoms with Crippen LogP contribution in [0.4, 0.5) is 0 Å². The van der Waals surface area contributed by atoms with Crippen molar-refractivity contribution in [3.05, 3.63) is 0 Å². The predicted octanol–water partition coefficient (Wildman–Crippen LogP) is 18.6. The Morgan fingerprint density at radius 2 is 0.541 bits per heavy atom. The molecule has 0 aliphatic carbocycles. The number of rotatable bonds is 66. The molecule has 19 heteroatoms. The van der Waals surface area contributed by atoms with Crippen molar-refractivity contribution >= 4 is 39.5 Å². The maximum absolute atomic E-state index is 13.0. The average Bonchev–Trinajstić information content (AvgIpc) is 3.55. The van der Waals surface area contributed by atoms with Gasteiger partial charge in [0.05, 0.1) is 26.4 Å². The lowest BCUT2D eigenvalue weighted by molar-refractivity contribution is -0.161. The van der Waals surface area contributed by atoms with Crippen LogP contribution in [0.5, 0.6) is 0 Å². The van der Waals surface area contributed by atoms with Gasteiger partial charge < -0.3 is 33.8 Å². The van der Waals surface area contributed by atoms with E-state index in [2.05, 4.69) is 34.6 Å². The molecule has 0 aromatic heterocycles. The fourth-order valence-electron chi connectivity index (χ4n) is 9.94. The number of ether oxygens (including phenoxy) is 4. The van der Waals surface area contributed by atoms with E-state index >= 15 is 0 Å². The molecule has 5 atom stereocenters. The van der Waals surface area contributed by atoms with Gasteiger partial charge in [0.15, 0.2) is 12.2 Å². The summed E-state index contributed by atoms with van der Waals surface area (Å²) >= 11 is 0. The maximum Gasteiger partial charge on any atom is 0.472 e. The molecule has 0 fully saturated rings. The number of unbranched alkanes of at least 4 members (excludes halogenated alkanes) is 38. The van der Waals surface area contributed by atoms with Crippen molar-refractivity contribution in [1.82, 2.24) is 0 Å². The van der Waals surface area contributed by atoms with Crippen molar-refractivity contribution in [2.75, 3.05) is 39.6 Å². The van der Waals surface area contributed by atoms with Gasteiger partial charge in [0, 0.05) is 25.7 Å². The molecule has 0 amide bonds. The summed E-state index contributed by atoms with van der Waals surface area (Å²) in [5, 5.41) is 10.5. The Morgan fingerprint density at radius 3 is 0.800 bits per heavy atom.